The summed E-state index contributed by atoms with van der Waals surface area (Å²) in [7, 11) is 1.60. The zero-order valence-corrected chi connectivity index (χ0v) is 9.57. The Morgan fingerprint density at radius 3 is 3.13 bits per heavy atom. The van der Waals surface area contributed by atoms with Gasteiger partial charge in [0.1, 0.15) is 0 Å². The summed E-state index contributed by atoms with van der Waals surface area (Å²) in [6.07, 6.45) is 3.77. The van der Waals surface area contributed by atoms with Gasteiger partial charge in [0.15, 0.2) is 4.96 Å². The van der Waals surface area contributed by atoms with Crippen molar-refractivity contribution in [3.8, 4) is 0 Å². The molecule has 0 aliphatic heterocycles. The maximum absolute atomic E-state index is 9.76. The van der Waals surface area contributed by atoms with E-state index in [4.69, 9.17) is 4.74 Å². The minimum atomic E-state index is -0.500. The van der Waals surface area contributed by atoms with Gasteiger partial charge in [0.05, 0.1) is 17.9 Å². The first-order valence-corrected chi connectivity index (χ1v) is 5.70. The summed E-state index contributed by atoms with van der Waals surface area (Å²) in [4.78, 5) is 5.36. The third-order valence-corrected chi connectivity index (χ3v) is 3.25. The summed E-state index contributed by atoms with van der Waals surface area (Å²) in [5.74, 6) is 0. The fourth-order valence-electron chi connectivity index (χ4n) is 1.41. The molecule has 2 atom stereocenters. The van der Waals surface area contributed by atoms with Crippen molar-refractivity contribution in [2.24, 2.45) is 0 Å². The first-order chi connectivity index (χ1) is 7.20. The Labute approximate surface area is 92.1 Å². The summed E-state index contributed by atoms with van der Waals surface area (Å²) in [5.41, 5.74) is 0.901. The number of methoxy groups -OCH3 is 1. The largest absolute Gasteiger partial charge is 0.390 e. The number of rotatable bonds is 4. The van der Waals surface area contributed by atoms with E-state index in [0.717, 1.165) is 10.7 Å². The van der Waals surface area contributed by atoms with E-state index in [0.29, 0.717) is 6.42 Å². The van der Waals surface area contributed by atoms with Gasteiger partial charge in [0.2, 0.25) is 0 Å². The minimum absolute atomic E-state index is 0.162. The van der Waals surface area contributed by atoms with Crippen LogP contribution in [0.1, 0.15) is 12.6 Å². The quantitative estimate of drug-likeness (QED) is 0.855. The molecular weight excluding hydrogens is 212 g/mol. The lowest BCUT2D eigenvalue weighted by Gasteiger charge is -2.15. The van der Waals surface area contributed by atoms with Crippen LogP contribution in [0.15, 0.2) is 17.8 Å². The first-order valence-electron chi connectivity index (χ1n) is 4.82. The van der Waals surface area contributed by atoms with Gasteiger partial charge in [-0.05, 0) is 6.92 Å². The molecule has 15 heavy (non-hydrogen) atoms. The lowest BCUT2D eigenvalue weighted by Crippen LogP contribution is -2.27. The second-order valence-corrected chi connectivity index (χ2v) is 4.41. The van der Waals surface area contributed by atoms with E-state index in [1.165, 1.54) is 0 Å². The van der Waals surface area contributed by atoms with Crippen LogP contribution >= 0.6 is 11.3 Å². The zero-order valence-electron chi connectivity index (χ0n) is 8.75. The molecule has 2 aromatic rings. The van der Waals surface area contributed by atoms with Crippen LogP contribution in [-0.4, -0.2) is 33.8 Å². The molecule has 0 fully saturated rings. The van der Waals surface area contributed by atoms with Gasteiger partial charge < -0.3 is 9.84 Å². The van der Waals surface area contributed by atoms with Crippen LogP contribution in [0.5, 0.6) is 0 Å². The van der Waals surface area contributed by atoms with E-state index in [1.54, 1.807) is 18.4 Å². The van der Waals surface area contributed by atoms with Crippen LogP contribution < -0.4 is 0 Å². The highest BCUT2D eigenvalue weighted by Gasteiger charge is 2.15. The third-order valence-electron chi connectivity index (χ3n) is 2.48. The highest BCUT2D eigenvalue weighted by atomic mass is 32.1. The summed E-state index contributed by atoms with van der Waals surface area (Å²) in [6.45, 7) is 1.85. The molecule has 82 valence electrons. The maximum atomic E-state index is 9.76. The Morgan fingerprint density at radius 2 is 2.47 bits per heavy atom. The van der Waals surface area contributed by atoms with Gasteiger partial charge in [-0.15, -0.1) is 11.3 Å². The zero-order chi connectivity index (χ0) is 10.8. The van der Waals surface area contributed by atoms with Crippen LogP contribution in [0.2, 0.25) is 0 Å². The normalized spacial score (nSPS) is 15.7. The van der Waals surface area contributed by atoms with Crippen molar-refractivity contribution in [2.75, 3.05) is 7.11 Å². The van der Waals surface area contributed by atoms with Crippen LogP contribution in [0, 0.1) is 0 Å². The van der Waals surface area contributed by atoms with E-state index in [1.807, 2.05) is 29.1 Å². The number of aliphatic hydroxyl groups is 1. The first kappa shape index (κ1) is 10.6. The molecular formula is C10H14N2O2S. The van der Waals surface area contributed by atoms with Crippen molar-refractivity contribution in [3.05, 3.63) is 23.5 Å². The van der Waals surface area contributed by atoms with E-state index in [9.17, 15) is 5.11 Å². The Balaban J connectivity index is 2.09. The highest BCUT2D eigenvalue weighted by Crippen LogP contribution is 2.13. The van der Waals surface area contributed by atoms with Crippen molar-refractivity contribution in [2.45, 2.75) is 25.6 Å². The van der Waals surface area contributed by atoms with Crippen molar-refractivity contribution in [1.82, 2.24) is 9.38 Å². The molecule has 1 N–H and O–H groups in total. The summed E-state index contributed by atoms with van der Waals surface area (Å²) >= 11 is 1.59. The molecule has 2 aromatic heterocycles. The monoisotopic (exact) mass is 226 g/mol. The molecule has 5 heteroatoms. The summed E-state index contributed by atoms with van der Waals surface area (Å²) < 4.78 is 7.02. The molecule has 0 amide bonds. The van der Waals surface area contributed by atoms with Crippen molar-refractivity contribution >= 4 is 16.3 Å². The maximum Gasteiger partial charge on any atom is 0.193 e. The Morgan fingerprint density at radius 1 is 1.67 bits per heavy atom. The van der Waals surface area contributed by atoms with Gasteiger partial charge in [-0.2, -0.15) is 0 Å². The second kappa shape index (κ2) is 4.30. The number of aromatic nitrogens is 2. The average Bonchev–Trinajstić information content (AvgIpc) is 2.76. The van der Waals surface area contributed by atoms with Crippen LogP contribution in [0.4, 0.5) is 0 Å². The van der Waals surface area contributed by atoms with Gasteiger partial charge in [0, 0.05) is 31.3 Å². The van der Waals surface area contributed by atoms with Crippen LogP contribution in [0.3, 0.4) is 0 Å². The SMILES string of the molecule is COC(C)C(O)Cc1cn2ccsc2n1. The van der Waals surface area contributed by atoms with E-state index < -0.39 is 6.10 Å². The lowest BCUT2D eigenvalue weighted by molar-refractivity contribution is 0.0000111. The summed E-state index contributed by atoms with van der Waals surface area (Å²) in [6, 6.07) is 0. The molecule has 0 aliphatic rings. The molecule has 0 bridgehead atoms. The molecule has 0 aliphatic carbocycles. The van der Waals surface area contributed by atoms with E-state index >= 15 is 0 Å². The van der Waals surface area contributed by atoms with Crippen molar-refractivity contribution in [1.29, 1.82) is 0 Å². The predicted octanol–water partition coefficient (Wildman–Crippen LogP) is 1.33. The van der Waals surface area contributed by atoms with E-state index in [2.05, 4.69) is 4.98 Å². The van der Waals surface area contributed by atoms with Gasteiger partial charge in [-0.1, -0.05) is 0 Å². The smallest absolute Gasteiger partial charge is 0.193 e. The number of hydrogen-bond donors (Lipinski definition) is 1. The fourth-order valence-corrected chi connectivity index (χ4v) is 2.13. The number of hydrogen-bond acceptors (Lipinski definition) is 4. The fraction of sp³-hybridized carbons (Fsp3) is 0.500. The standard InChI is InChI=1S/C10H14N2O2S/c1-7(14-2)9(13)5-8-6-12-3-4-15-10(12)11-8/h3-4,6-7,9,13H,5H2,1-2H3. The Bertz CT molecular complexity index is 409. The van der Waals surface area contributed by atoms with E-state index in [-0.39, 0.29) is 6.10 Å². The molecule has 0 aromatic carbocycles. The minimum Gasteiger partial charge on any atom is -0.390 e. The van der Waals surface area contributed by atoms with Gasteiger partial charge in [-0.25, -0.2) is 4.98 Å². The number of ether oxygens (including phenoxy) is 1. The molecule has 0 spiro atoms. The van der Waals surface area contributed by atoms with Gasteiger partial charge >= 0.3 is 0 Å². The summed E-state index contributed by atoms with van der Waals surface area (Å²) in [5, 5.41) is 11.7. The molecule has 0 saturated heterocycles. The molecule has 2 unspecified atom stereocenters. The number of aliphatic hydroxyl groups excluding tert-OH is 1. The highest BCUT2D eigenvalue weighted by molar-refractivity contribution is 7.15. The predicted molar refractivity (Wildman–Crippen MR) is 59.3 cm³/mol. The van der Waals surface area contributed by atoms with Gasteiger partial charge in [-0.3, -0.25) is 4.40 Å². The Hall–Kier alpha value is -0.910. The van der Waals surface area contributed by atoms with Gasteiger partial charge in [0.25, 0.3) is 0 Å². The number of thiazole rings is 1. The number of fused-ring (bicyclic) bond motifs is 1. The van der Waals surface area contributed by atoms with Crippen LogP contribution in [0.25, 0.3) is 4.96 Å². The average molecular weight is 226 g/mol. The number of imidazole rings is 1. The second-order valence-electron chi connectivity index (χ2n) is 3.54. The van der Waals surface area contributed by atoms with Crippen LogP contribution in [-0.2, 0) is 11.2 Å². The molecule has 0 saturated carbocycles. The molecule has 2 heterocycles. The van der Waals surface area contributed by atoms with Crippen molar-refractivity contribution in [3.63, 3.8) is 0 Å². The topological polar surface area (TPSA) is 46.8 Å². The lowest BCUT2D eigenvalue weighted by atomic mass is 10.1. The molecule has 4 nitrogen and oxygen atoms in total. The molecule has 2 rings (SSSR count). The van der Waals surface area contributed by atoms with Crippen molar-refractivity contribution < 1.29 is 9.84 Å². The third kappa shape index (κ3) is 2.19. The Kier molecular flexibility index (Phi) is 3.04. The number of nitrogens with zero attached hydrogens (tertiary/aromatic N) is 2. The molecule has 0 radical (unpaired) electrons.